The third-order valence-corrected chi connectivity index (χ3v) is 4.49. The first-order valence-corrected chi connectivity index (χ1v) is 7.95. The first kappa shape index (κ1) is 15.6. The zero-order chi connectivity index (χ0) is 15.5. The predicted molar refractivity (Wildman–Crippen MR) is 88.5 cm³/mol. The maximum atomic E-state index is 9.70. The lowest BCUT2D eigenvalue weighted by molar-refractivity contribution is -0.0329. The fourth-order valence-electron chi connectivity index (χ4n) is 2.68. The van der Waals surface area contributed by atoms with Crippen molar-refractivity contribution in [1.82, 2.24) is 4.90 Å². The van der Waals surface area contributed by atoms with Crippen molar-refractivity contribution in [3.05, 3.63) is 63.6 Å². The fraction of sp³-hybridized carbons (Fsp3) is 0.294. The minimum atomic E-state index is 0.00327. The second kappa shape index (κ2) is 6.88. The van der Waals surface area contributed by atoms with Crippen LogP contribution in [0.15, 0.2) is 42.5 Å². The summed E-state index contributed by atoms with van der Waals surface area (Å²) in [7, 11) is 0. The molecular formula is C17H17Cl2NO2. The number of phenolic OH excluding ortho intramolecular Hbond substituents is 1. The van der Waals surface area contributed by atoms with Crippen LogP contribution in [-0.4, -0.2) is 29.7 Å². The Bertz CT molecular complexity index is 663. The number of nitrogens with zero attached hydrogens (tertiary/aromatic N) is 1. The van der Waals surface area contributed by atoms with Crippen molar-refractivity contribution in [2.24, 2.45) is 0 Å². The van der Waals surface area contributed by atoms with Crippen LogP contribution >= 0.6 is 23.2 Å². The normalized spacial score (nSPS) is 19.3. The van der Waals surface area contributed by atoms with Crippen molar-refractivity contribution in [1.29, 1.82) is 0 Å². The van der Waals surface area contributed by atoms with Crippen LogP contribution in [0.25, 0.3) is 0 Å². The molecule has 0 aromatic heterocycles. The number of rotatable bonds is 3. The molecular weight excluding hydrogens is 321 g/mol. The molecule has 0 bridgehead atoms. The Morgan fingerprint density at radius 2 is 2.00 bits per heavy atom. The molecule has 3 rings (SSSR count). The molecule has 1 heterocycles. The summed E-state index contributed by atoms with van der Waals surface area (Å²) >= 11 is 12.2. The average molecular weight is 338 g/mol. The Morgan fingerprint density at radius 3 is 2.82 bits per heavy atom. The lowest BCUT2D eigenvalue weighted by Gasteiger charge is -2.33. The molecule has 1 atom stereocenters. The first-order valence-electron chi connectivity index (χ1n) is 7.19. The van der Waals surface area contributed by atoms with Crippen LogP contribution in [0.3, 0.4) is 0 Å². The molecule has 1 aliphatic heterocycles. The first-order chi connectivity index (χ1) is 10.6. The molecule has 5 heteroatoms. The second-order valence-corrected chi connectivity index (χ2v) is 6.21. The van der Waals surface area contributed by atoms with Gasteiger partial charge in [0.25, 0.3) is 0 Å². The minimum Gasteiger partial charge on any atom is -0.506 e. The molecule has 1 fully saturated rings. The largest absolute Gasteiger partial charge is 0.506 e. The van der Waals surface area contributed by atoms with Gasteiger partial charge in [-0.2, -0.15) is 0 Å². The van der Waals surface area contributed by atoms with Gasteiger partial charge in [0.15, 0.2) is 0 Å². The average Bonchev–Trinajstić information content (AvgIpc) is 2.52. The van der Waals surface area contributed by atoms with Crippen LogP contribution in [-0.2, 0) is 11.3 Å². The number of benzene rings is 2. The van der Waals surface area contributed by atoms with E-state index in [0.29, 0.717) is 23.2 Å². The van der Waals surface area contributed by atoms with Gasteiger partial charge in [-0.1, -0.05) is 47.5 Å². The van der Waals surface area contributed by atoms with E-state index in [-0.39, 0.29) is 11.9 Å². The third kappa shape index (κ3) is 3.55. The van der Waals surface area contributed by atoms with Gasteiger partial charge < -0.3 is 9.84 Å². The Kier molecular flexibility index (Phi) is 4.89. The summed E-state index contributed by atoms with van der Waals surface area (Å²) in [6.45, 7) is 2.96. The molecule has 2 aromatic carbocycles. The monoisotopic (exact) mass is 337 g/mol. The standard InChI is InChI=1S/C17H17Cl2NO2/c18-14-5-1-3-12(9-14)16-11-20(7-8-22-16)10-13-4-2-6-15(21)17(13)19/h1-6,9,16,21H,7-8,10-11H2. The molecule has 1 unspecified atom stereocenters. The summed E-state index contributed by atoms with van der Waals surface area (Å²) in [5.41, 5.74) is 2.01. The van der Waals surface area contributed by atoms with E-state index in [1.165, 1.54) is 0 Å². The van der Waals surface area contributed by atoms with Crippen LogP contribution in [0, 0.1) is 0 Å². The number of ether oxygens (including phenoxy) is 1. The highest BCUT2D eigenvalue weighted by molar-refractivity contribution is 6.32. The van der Waals surface area contributed by atoms with Crippen molar-refractivity contribution in [3.63, 3.8) is 0 Å². The summed E-state index contributed by atoms with van der Waals surface area (Å²) < 4.78 is 5.86. The summed E-state index contributed by atoms with van der Waals surface area (Å²) in [4.78, 5) is 2.27. The molecule has 2 aromatic rings. The van der Waals surface area contributed by atoms with Crippen LogP contribution < -0.4 is 0 Å². The Balaban J connectivity index is 1.72. The minimum absolute atomic E-state index is 0.00327. The molecule has 3 nitrogen and oxygen atoms in total. The highest BCUT2D eigenvalue weighted by atomic mass is 35.5. The topological polar surface area (TPSA) is 32.7 Å². The fourth-order valence-corrected chi connectivity index (χ4v) is 3.07. The third-order valence-electron chi connectivity index (χ3n) is 3.82. The van der Waals surface area contributed by atoms with Gasteiger partial charge in [0.05, 0.1) is 17.7 Å². The van der Waals surface area contributed by atoms with Gasteiger partial charge in [0.2, 0.25) is 0 Å². The van der Waals surface area contributed by atoms with Gasteiger partial charge in [-0.3, -0.25) is 4.90 Å². The van der Waals surface area contributed by atoms with Crippen molar-refractivity contribution < 1.29 is 9.84 Å². The predicted octanol–water partition coefficient (Wildman–Crippen LogP) is 4.27. The van der Waals surface area contributed by atoms with Gasteiger partial charge in [0.1, 0.15) is 5.75 Å². The molecule has 0 saturated carbocycles. The molecule has 0 amide bonds. The molecule has 22 heavy (non-hydrogen) atoms. The number of aromatic hydroxyl groups is 1. The number of hydrogen-bond acceptors (Lipinski definition) is 3. The van der Waals surface area contributed by atoms with Crippen LogP contribution in [0.5, 0.6) is 5.75 Å². The van der Waals surface area contributed by atoms with Crippen LogP contribution in [0.4, 0.5) is 0 Å². The summed E-state index contributed by atoms with van der Waals surface area (Å²) in [6.07, 6.45) is 0.00327. The van der Waals surface area contributed by atoms with E-state index >= 15 is 0 Å². The van der Waals surface area contributed by atoms with E-state index in [2.05, 4.69) is 4.90 Å². The zero-order valence-corrected chi connectivity index (χ0v) is 13.5. The van der Waals surface area contributed by atoms with E-state index in [0.717, 1.165) is 24.2 Å². The van der Waals surface area contributed by atoms with Crippen molar-refractivity contribution in [2.75, 3.05) is 19.7 Å². The van der Waals surface area contributed by atoms with Crippen molar-refractivity contribution >= 4 is 23.2 Å². The lowest BCUT2D eigenvalue weighted by Crippen LogP contribution is -2.37. The summed E-state index contributed by atoms with van der Waals surface area (Å²) in [5, 5.41) is 10.8. The molecule has 0 spiro atoms. The second-order valence-electron chi connectivity index (χ2n) is 5.40. The molecule has 0 aliphatic carbocycles. The highest BCUT2D eigenvalue weighted by Crippen LogP contribution is 2.30. The van der Waals surface area contributed by atoms with Gasteiger partial charge in [-0.15, -0.1) is 0 Å². The number of hydrogen-bond donors (Lipinski definition) is 1. The van der Waals surface area contributed by atoms with E-state index in [9.17, 15) is 5.11 Å². The highest BCUT2D eigenvalue weighted by Gasteiger charge is 2.23. The Labute approximate surface area is 140 Å². The molecule has 116 valence electrons. The number of halogens is 2. The van der Waals surface area contributed by atoms with Gasteiger partial charge >= 0.3 is 0 Å². The van der Waals surface area contributed by atoms with Crippen LogP contribution in [0.1, 0.15) is 17.2 Å². The van der Waals surface area contributed by atoms with E-state index in [1.807, 2.05) is 36.4 Å². The van der Waals surface area contributed by atoms with E-state index < -0.39 is 0 Å². The van der Waals surface area contributed by atoms with Crippen LogP contribution in [0.2, 0.25) is 10.0 Å². The molecule has 1 aliphatic rings. The molecule has 0 radical (unpaired) electrons. The van der Waals surface area contributed by atoms with Gasteiger partial charge in [0, 0.05) is 24.7 Å². The number of phenols is 1. The molecule has 1 saturated heterocycles. The smallest absolute Gasteiger partial charge is 0.134 e. The number of morpholine rings is 1. The molecule has 1 N–H and O–H groups in total. The van der Waals surface area contributed by atoms with E-state index in [4.69, 9.17) is 27.9 Å². The van der Waals surface area contributed by atoms with Crippen molar-refractivity contribution in [2.45, 2.75) is 12.6 Å². The lowest BCUT2D eigenvalue weighted by atomic mass is 10.1. The zero-order valence-electron chi connectivity index (χ0n) is 12.0. The SMILES string of the molecule is Oc1cccc(CN2CCOC(c3cccc(Cl)c3)C2)c1Cl. The quantitative estimate of drug-likeness (QED) is 0.907. The van der Waals surface area contributed by atoms with E-state index in [1.54, 1.807) is 6.07 Å². The summed E-state index contributed by atoms with van der Waals surface area (Å²) in [5.74, 6) is 0.124. The maximum Gasteiger partial charge on any atom is 0.134 e. The van der Waals surface area contributed by atoms with Crippen molar-refractivity contribution in [3.8, 4) is 5.75 Å². The Morgan fingerprint density at radius 1 is 1.18 bits per heavy atom. The van der Waals surface area contributed by atoms with Gasteiger partial charge in [-0.25, -0.2) is 0 Å². The summed E-state index contributed by atoms with van der Waals surface area (Å²) in [6, 6.07) is 13.1. The maximum absolute atomic E-state index is 9.70. The Hall–Kier alpha value is -1.26. The van der Waals surface area contributed by atoms with Gasteiger partial charge in [-0.05, 0) is 29.3 Å².